The van der Waals surface area contributed by atoms with Gasteiger partial charge in [0.25, 0.3) is 17.7 Å². The number of anilines is 1. The maximum Gasteiger partial charge on any atom is 0.269 e. The van der Waals surface area contributed by atoms with Gasteiger partial charge in [0.1, 0.15) is 29.4 Å². The first-order chi connectivity index (χ1) is 31.3. The molecular formula is C41H44ClF2N9O6. The topological polar surface area (TPSA) is 203 Å². The van der Waals surface area contributed by atoms with Gasteiger partial charge in [-0.2, -0.15) is 5.26 Å². The van der Waals surface area contributed by atoms with Crippen LogP contribution in [-0.2, 0) is 14.4 Å². The molecule has 2 aromatic rings. The van der Waals surface area contributed by atoms with E-state index < -0.39 is 108 Å². The number of carbonyl (C=O) groups is 5. The second-order valence-corrected chi connectivity index (χ2v) is 15.1. The maximum absolute atomic E-state index is 16.0. The number of benzene rings is 2. The van der Waals surface area contributed by atoms with Gasteiger partial charge in [-0.1, -0.05) is 11.6 Å². The molecule has 18 heteroatoms. The van der Waals surface area contributed by atoms with E-state index in [0.717, 1.165) is 0 Å². The van der Waals surface area contributed by atoms with Crippen LogP contribution in [0.15, 0.2) is 36.4 Å². The van der Waals surface area contributed by atoms with E-state index >= 15 is 8.78 Å². The molecule has 1 unspecified atom stereocenters. The lowest BCUT2D eigenvalue weighted by Gasteiger charge is -2.40. The number of imide groups is 2. The molecule has 3 saturated heterocycles. The monoisotopic (exact) mass is 839 g/mol. The number of carbonyl (C=O) groups excluding carboxylic acids is 5. The van der Waals surface area contributed by atoms with Crippen molar-refractivity contribution in [1.82, 2.24) is 25.3 Å². The summed E-state index contributed by atoms with van der Waals surface area (Å²) in [5.74, 6) is -9.48. The van der Waals surface area contributed by atoms with E-state index in [4.69, 9.17) is 43.4 Å². The van der Waals surface area contributed by atoms with Gasteiger partial charge in [0.15, 0.2) is 11.6 Å². The average molecular weight is 840 g/mol. The van der Waals surface area contributed by atoms with Crippen molar-refractivity contribution in [2.75, 3.05) is 50.5 Å². The predicted octanol–water partition coefficient (Wildman–Crippen LogP) is 3.78. The van der Waals surface area contributed by atoms with Crippen LogP contribution in [0.5, 0.6) is 5.75 Å². The summed E-state index contributed by atoms with van der Waals surface area (Å²) in [6, 6.07) is 5.41. The van der Waals surface area contributed by atoms with E-state index in [-0.39, 0.29) is 66.7 Å². The highest BCUT2D eigenvalue weighted by Gasteiger charge is 2.47. The largest absolute Gasteiger partial charge is 0.490 e. The number of hydrogen-bond acceptors (Lipinski definition) is 11. The highest BCUT2D eigenvalue weighted by molar-refractivity contribution is 6.42. The quantitative estimate of drug-likeness (QED) is 0.155. The molecule has 7 rings (SSSR count). The number of halogens is 3. The van der Waals surface area contributed by atoms with E-state index in [1.54, 1.807) is 23.1 Å². The van der Waals surface area contributed by atoms with Crippen molar-refractivity contribution in [3.8, 4) is 11.8 Å². The van der Waals surface area contributed by atoms with Gasteiger partial charge in [0, 0.05) is 69.6 Å². The first-order valence-corrected chi connectivity index (χ1v) is 19.3. The Kier molecular flexibility index (Phi) is 9.61. The zero-order valence-corrected chi connectivity index (χ0v) is 32.1. The molecular weight excluding hydrogens is 788 g/mol. The van der Waals surface area contributed by atoms with Gasteiger partial charge in [-0.15, -0.1) is 0 Å². The number of nitrogens with one attached hydrogen (secondary N) is 4. The molecule has 4 aliphatic heterocycles. The molecule has 4 heterocycles. The van der Waals surface area contributed by atoms with Crippen molar-refractivity contribution >= 4 is 58.4 Å². The Bertz CT molecular complexity index is 2500. The number of nitrogens with zero attached hydrogens (tertiary/aromatic N) is 5. The molecule has 1 aliphatic carbocycles. The summed E-state index contributed by atoms with van der Waals surface area (Å²) in [5.41, 5.74) is -3.54. The van der Waals surface area contributed by atoms with Crippen LogP contribution in [0.3, 0.4) is 0 Å². The van der Waals surface area contributed by atoms with Crippen LogP contribution in [0.4, 0.5) is 14.5 Å². The number of piperazine rings is 1. The van der Waals surface area contributed by atoms with E-state index in [1.165, 1.54) is 12.2 Å². The third kappa shape index (κ3) is 8.98. The molecule has 0 bridgehead atoms. The fourth-order valence-electron chi connectivity index (χ4n) is 7.59. The van der Waals surface area contributed by atoms with Crippen molar-refractivity contribution in [2.45, 2.75) is 69.6 Å². The second kappa shape index (κ2) is 17.6. The lowest BCUT2D eigenvalue weighted by molar-refractivity contribution is -0.136. The highest BCUT2D eigenvalue weighted by atomic mass is 35.5. The first-order valence-electron chi connectivity index (χ1n) is 22.9. The van der Waals surface area contributed by atoms with Crippen molar-refractivity contribution in [1.29, 1.82) is 16.1 Å². The van der Waals surface area contributed by atoms with Crippen molar-refractivity contribution in [3.05, 3.63) is 69.8 Å². The van der Waals surface area contributed by atoms with E-state index in [0.29, 0.717) is 52.9 Å². The first kappa shape index (κ1) is 32.2. The Morgan fingerprint density at radius 3 is 2.36 bits per heavy atom. The van der Waals surface area contributed by atoms with Crippen molar-refractivity contribution < 1.29 is 48.5 Å². The smallest absolute Gasteiger partial charge is 0.269 e. The molecule has 310 valence electrons. The number of hydrogen-bond donors (Lipinski definition) is 4. The molecule has 2 aromatic carbocycles. The lowest BCUT2D eigenvalue weighted by Crippen LogP contribution is -2.54. The number of likely N-dealkylation sites (tertiary alicyclic amines) is 1. The summed E-state index contributed by atoms with van der Waals surface area (Å²) >= 11 is 6.10. The van der Waals surface area contributed by atoms with Crippen LogP contribution in [0.25, 0.3) is 0 Å². The number of rotatable bonds is 10. The third-order valence-electron chi connectivity index (χ3n) is 10.8. The van der Waals surface area contributed by atoms with Crippen LogP contribution in [0.2, 0.25) is 5.02 Å². The predicted molar refractivity (Wildman–Crippen MR) is 212 cm³/mol. The molecule has 5 aliphatic rings. The van der Waals surface area contributed by atoms with E-state index in [9.17, 15) is 24.0 Å². The molecule has 1 saturated carbocycles. The molecule has 0 aromatic heterocycles. The third-order valence-corrected chi connectivity index (χ3v) is 11.2. The SMILES string of the molecule is [2H]C1([2H])N(CC2CCN(C(=N)/C=C\C(=N)C(=O)NC3CCC(Oc4ccc(C#N)c(Cl)c4)CC3)CC2)C([2H])([2H])C([2H])([2H])N(c2cc3c(c(F)c2F)C(=O)N(C2CCC(=O)NC2=O)C3=O)C1([2H])[2H]. The standard InChI is InChI=1S/C41H44ClF2N9O6/c42-29-19-27(4-1-24(29)21-45)59-26-5-2-25(3-6-26)48-38(55)30(46)7-9-33(47)52-13-11-23(12-14-52)22-50-15-17-51(18-16-50)32-20-28-35(37(44)36(32)43)41(58)53(40(28)57)31-8-10-34(54)49-39(31)56/h1,4,7,9,19-20,23,25-26,31,46-47H,2-3,5-6,8,10-18,22H2,(H,48,55)(H,49,54,56)/b9-7-,46-30?,47-33?/i15D2,16D2,17D2,18D2. The number of ether oxygens (including phenoxy) is 1. The Hall–Kier alpha value is -5.73. The minimum atomic E-state index is -3.70. The van der Waals surface area contributed by atoms with Gasteiger partial charge in [-0.3, -0.25) is 49.9 Å². The average Bonchev–Trinajstić information content (AvgIpc) is 3.51. The van der Waals surface area contributed by atoms with Crippen molar-refractivity contribution in [3.63, 3.8) is 0 Å². The van der Waals surface area contributed by atoms with Gasteiger partial charge in [-0.25, -0.2) is 8.78 Å². The zero-order valence-electron chi connectivity index (χ0n) is 39.4. The Labute approximate surface area is 355 Å². The Balaban J connectivity index is 0.961. The zero-order chi connectivity index (χ0) is 49.1. The summed E-state index contributed by atoms with van der Waals surface area (Å²) < 4.78 is 109. The van der Waals surface area contributed by atoms with E-state index in [2.05, 4.69) is 5.32 Å². The fraction of sp³-hybridized carbons (Fsp3) is 0.463. The Morgan fingerprint density at radius 2 is 1.69 bits per heavy atom. The van der Waals surface area contributed by atoms with Gasteiger partial charge >= 0.3 is 0 Å². The molecule has 15 nitrogen and oxygen atoms in total. The highest BCUT2D eigenvalue weighted by Crippen LogP contribution is 2.36. The maximum atomic E-state index is 16.0. The van der Waals surface area contributed by atoms with E-state index in [1.807, 2.05) is 11.4 Å². The molecule has 4 fully saturated rings. The van der Waals surface area contributed by atoms with Crippen molar-refractivity contribution in [2.24, 2.45) is 5.92 Å². The van der Waals surface area contributed by atoms with Gasteiger partial charge < -0.3 is 19.9 Å². The summed E-state index contributed by atoms with van der Waals surface area (Å²) in [7, 11) is 0. The van der Waals surface area contributed by atoms with Crippen LogP contribution in [0, 0.1) is 39.7 Å². The summed E-state index contributed by atoms with van der Waals surface area (Å²) in [5, 5.41) is 31.0. The van der Waals surface area contributed by atoms with Crippen LogP contribution < -0.4 is 20.3 Å². The van der Waals surface area contributed by atoms with Gasteiger partial charge in [0.05, 0.1) is 39.0 Å². The summed E-state index contributed by atoms with van der Waals surface area (Å²) in [6.45, 7) is -14.6. The lowest BCUT2D eigenvalue weighted by atomic mass is 9.92. The number of amidine groups is 1. The molecule has 0 spiro atoms. The van der Waals surface area contributed by atoms with Crippen LogP contribution in [0.1, 0.15) is 88.6 Å². The summed E-state index contributed by atoms with van der Waals surface area (Å²) in [4.78, 5) is 65.8. The van der Waals surface area contributed by atoms with Crippen LogP contribution in [-0.4, -0.2) is 120 Å². The minimum absolute atomic E-state index is 0.0625. The molecule has 59 heavy (non-hydrogen) atoms. The number of piperidine rings is 2. The second-order valence-electron chi connectivity index (χ2n) is 14.7. The van der Waals surface area contributed by atoms with Gasteiger partial charge in [-0.05, 0) is 81.2 Å². The summed E-state index contributed by atoms with van der Waals surface area (Å²) in [6.07, 6.45) is 4.46. The van der Waals surface area contributed by atoms with Gasteiger partial charge in [0.2, 0.25) is 11.8 Å². The van der Waals surface area contributed by atoms with Crippen LogP contribution >= 0.6 is 11.6 Å². The molecule has 1 atom stereocenters. The fourth-order valence-corrected chi connectivity index (χ4v) is 7.81. The molecule has 5 amide bonds. The normalized spacial score (nSPS) is 28.4. The molecule has 4 N–H and O–H groups in total. The minimum Gasteiger partial charge on any atom is -0.490 e. The number of nitriles is 1. The number of amides is 5. The Morgan fingerprint density at radius 1 is 0.983 bits per heavy atom. The number of fused-ring (bicyclic) bond motifs is 1. The molecule has 0 radical (unpaired) electrons.